The second-order valence-corrected chi connectivity index (χ2v) is 8.48. The van der Waals surface area contributed by atoms with Crippen molar-refractivity contribution >= 4 is 46.7 Å². The Morgan fingerprint density at radius 3 is 2.65 bits per heavy atom. The third-order valence-electron chi connectivity index (χ3n) is 4.85. The molecule has 0 fully saturated rings. The summed E-state index contributed by atoms with van der Waals surface area (Å²) in [4.78, 5) is 45.0. The fraction of sp³-hybridized carbons (Fsp3) is 0.182. The van der Waals surface area contributed by atoms with Gasteiger partial charge in [-0.05, 0) is 24.1 Å². The highest BCUT2D eigenvalue weighted by atomic mass is 35.5. The van der Waals surface area contributed by atoms with Gasteiger partial charge in [0.2, 0.25) is 11.8 Å². The number of anilines is 2. The molecular formula is C22H19ClN4O3S. The molecule has 1 atom stereocenters. The Hall–Kier alpha value is -3.10. The molecule has 0 radical (unpaired) electrons. The zero-order chi connectivity index (χ0) is 21.8. The van der Waals surface area contributed by atoms with Crippen LogP contribution in [-0.2, 0) is 16.0 Å². The molecule has 7 nitrogen and oxygen atoms in total. The third-order valence-corrected chi connectivity index (χ3v) is 6.05. The van der Waals surface area contributed by atoms with Crippen LogP contribution in [0.4, 0.5) is 11.5 Å². The highest BCUT2D eigenvalue weighted by Gasteiger charge is 2.35. The molecule has 2 heterocycles. The van der Waals surface area contributed by atoms with Crippen molar-refractivity contribution in [2.45, 2.75) is 23.9 Å². The van der Waals surface area contributed by atoms with Gasteiger partial charge < -0.3 is 15.6 Å². The smallest absolute Gasteiger partial charge is 0.257 e. The van der Waals surface area contributed by atoms with Crippen molar-refractivity contribution in [3.8, 4) is 0 Å². The number of aromatic amines is 1. The number of amides is 2. The van der Waals surface area contributed by atoms with Crippen LogP contribution in [0.1, 0.15) is 23.5 Å². The van der Waals surface area contributed by atoms with E-state index in [1.54, 1.807) is 24.3 Å². The van der Waals surface area contributed by atoms with Gasteiger partial charge in [0, 0.05) is 12.2 Å². The number of hydrogen-bond acceptors (Lipinski definition) is 5. The van der Waals surface area contributed by atoms with Crippen molar-refractivity contribution in [2.24, 2.45) is 0 Å². The fourth-order valence-electron chi connectivity index (χ4n) is 3.34. The molecule has 4 rings (SSSR count). The van der Waals surface area contributed by atoms with Gasteiger partial charge in [0.05, 0.1) is 22.2 Å². The Balaban J connectivity index is 1.53. The van der Waals surface area contributed by atoms with Crippen LogP contribution in [0.25, 0.3) is 0 Å². The zero-order valence-corrected chi connectivity index (χ0v) is 17.9. The number of thioether (sulfide) groups is 1. The highest BCUT2D eigenvalue weighted by Crippen LogP contribution is 2.31. The molecule has 31 heavy (non-hydrogen) atoms. The van der Waals surface area contributed by atoms with Gasteiger partial charge in [-0.1, -0.05) is 65.8 Å². The number of carbonyl (C=O) groups is 2. The molecule has 9 heteroatoms. The number of carbonyl (C=O) groups excluding carboxylic acids is 2. The van der Waals surface area contributed by atoms with Crippen LogP contribution in [0.2, 0.25) is 5.02 Å². The Morgan fingerprint density at radius 2 is 1.87 bits per heavy atom. The summed E-state index contributed by atoms with van der Waals surface area (Å²) in [5.74, 6) is -0.983. The number of hydrogen-bond donors (Lipinski definition) is 3. The lowest BCUT2D eigenvalue weighted by Crippen LogP contribution is -2.36. The topological polar surface area (TPSA) is 104 Å². The maximum Gasteiger partial charge on any atom is 0.257 e. The van der Waals surface area contributed by atoms with Gasteiger partial charge in [-0.15, -0.1) is 0 Å². The molecule has 0 saturated carbocycles. The van der Waals surface area contributed by atoms with E-state index < -0.39 is 17.4 Å². The van der Waals surface area contributed by atoms with Crippen LogP contribution in [-0.4, -0.2) is 27.5 Å². The van der Waals surface area contributed by atoms with E-state index in [0.29, 0.717) is 21.6 Å². The maximum atomic E-state index is 12.9. The molecule has 3 aromatic rings. The van der Waals surface area contributed by atoms with E-state index in [2.05, 4.69) is 20.6 Å². The average Bonchev–Trinajstić information content (AvgIpc) is 2.75. The molecule has 0 saturated heterocycles. The lowest BCUT2D eigenvalue weighted by Gasteiger charge is -2.23. The predicted octanol–water partition coefficient (Wildman–Crippen LogP) is 3.82. The van der Waals surface area contributed by atoms with Crippen molar-refractivity contribution in [3.05, 3.63) is 81.1 Å². The first-order valence-corrected chi connectivity index (χ1v) is 11.0. The molecule has 0 aliphatic carbocycles. The van der Waals surface area contributed by atoms with E-state index in [9.17, 15) is 14.4 Å². The standard InChI is InChI=1S/C22H19ClN4O3S/c23-15-8-4-5-9-16(15)24-20(29)14-12-17(28)25-19-18(14)21(30)27-22(26-19)31-11-10-13-6-2-1-3-7-13/h1-9,14H,10-12H2,(H,24,29)(H2,25,26,27,28,30)/t14-/m1/s1. The second kappa shape index (κ2) is 9.36. The lowest BCUT2D eigenvalue weighted by atomic mass is 9.92. The van der Waals surface area contributed by atoms with Gasteiger partial charge in [0.25, 0.3) is 5.56 Å². The zero-order valence-electron chi connectivity index (χ0n) is 16.4. The summed E-state index contributed by atoms with van der Waals surface area (Å²) < 4.78 is 0. The largest absolute Gasteiger partial charge is 0.324 e. The number of aryl methyl sites for hydroxylation is 1. The van der Waals surface area contributed by atoms with Crippen LogP contribution < -0.4 is 16.2 Å². The third kappa shape index (κ3) is 4.98. The van der Waals surface area contributed by atoms with Crippen molar-refractivity contribution in [3.63, 3.8) is 0 Å². The van der Waals surface area contributed by atoms with Gasteiger partial charge in [0.15, 0.2) is 5.16 Å². The minimum Gasteiger partial charge on any atom is -0.324 e. The summed E-state index contributed by atoms with van der Waals surface area (Å²) >= 11 is 7.49. The average molecular weight is 455 g/mol. The second-order valence-electron chi connectivity index (χ2n) is 6.99. The summed E-state index contributed by atoms with van der Waals surface area (Å²) in [7, 11) is 0. The summed E-state index contributed by atoms with van der Waals surface area (Å²) in [6.45, 7) is 0. The van der Waals surface area contributed by atoms with E-state index >= 15 is 0 Å². The van der Waals surface area contributed by atoms with Crippen LogP contribution in [0.3, 0.4) is 0 Å². The normalized spacial score (nSPS) is 15.1. The summed E-state index contributed by atoms with van der Waals surface area (Å²) in [6, 6.07) is 16.7. The Labute approximate surface area is 187 Å². The van der Waals surface area contributed by atoms with Gasteiger partial charge in [-0.3, -0.25) is 14.4 Å². The first-order chi connectivity index (χ1) is 15.0. The van der Waals surface area contributed by atoms with E-state index in [1.807, 2.05) is 30.3 Å². The molecule has 1 aliphatic rings. The molecule has 2 aromatic carbocycles. The first-order valence-electron chi connectivity index (χ1n) is 9.67. The Bertz CT molecular complexity index is 1180. The first kappa shape index (κ1) is 21.1. The van der Waals surface area contributed by atoms with E-state index in [4.69, 9.17) is 11.6 Å². The fourth-order valence-corrected chi connectivity index (χ4v) is 4.37. The van der Waals surface area contributed by atoms with Gasteiger partial charge in [0.1, 0.15) is 5.82 Å². The van der Waals surface area contributed by atoms with E-state index in [-0.39, 0.29) is 23.7 Å². The maximum absolute atomic E-state index is 12.9. The molecule has 2 amide bonds. The number of para-hydroxylation sites is 1. The van der Waals surface area contributed by atoms with Crippen LogP contribution in [0, 0.1) is 0 Å². The number of H-pyrrole nitrogens is 1. The number of nitrogens with zero attached hydrogens (tertiary/aromatic N) is 1. The molecular weight excluding hydrogens is 436 g/mol. The SMILES string of the molecule is O=C1C[C@@H](C(=O)Nc2ccccc2Cl)c2c(nc(SCCc3ccccc3)[nH]c2=O)N1. The molecule has 0 bridgehead atoms. The monoisotopic (exact) mass is 454 g/mol. The molecule has 0 spiro atoms. The van der Waals surface area contributed by atoms with Crippen LogP contribution in [0.15, 0.2) is 64.5 Å². The number of fused-ring (bicyclic) bond motifs is 1. The van der Waals surface area contributed by atoms with E-state index in [1.165, 1.54) is 17.3 Å². The number of halogens is 1. The number of rotatable bonds is 6. The molecule has 1 aromatic heterocycles. The number of benzene rings is 2. The Kier molecular flexibility index (Phi) is 6.39. The summed E-state index contributed by atoms with van der Waals surface area (Å²) in [5.41, 5.74) is 1.31. The van der Waals surface area contributed by atoms with Crippen molar-refractivity contribution < 1.29 is 9.59 Å². The van der Waals surface area contributed by atoms with E-state index in [0.717, 1.165) is 6.42 Å². The minimum absolute atomic E-state index is 0.126. The molecule has 158 valence electrons. The summed E-state index contributed by atoms with van der Waals surface area (Å²) in [6.07, 6.45) is 0.663. The van der Waals surface area contributed by atoms with Crippen LogP contribution >= 0.6 is 23.4 Å². The van der Waals surface area contributed by atoms with Gasteiger partial charge >= 0.3 is 0 Å². The predicted molar refractivity (Wildman–Crippen MR) is 122 cm³/mol. The molecule has 0 unspecified atom stereocenters. The van der Waals surface area contributed by atoms with Crippen LogP contribution in [0.5, 0.6) is 0 Å². The quantitative estimate of drug-likeness (QED) is 0.388. The highest BCUT2D eigenvalue weighted by molar-refractivity contribution is 7.99. The Morgan fingerprint density at radius 1 is 1.13 bits per heavy atom. The van der Waals surface area contributed by atoms with Crippen molar-refractivity contribution in [2.75, 3.05) is 16.4 Å². The number of nitrogens with one attached hydrogen (secondary N) is 3. The molecule has 1 aliphatic heterocycles. The minimum atomic E-state index is -0.959. The summed E-state index contributed by atoms with van der Waals surface area (Å²) in [5, 5.41) is 6.08. The van der Waals surface area contributed by atoms with Crippen molar-refractivity contribution in [1.29, 1.82) is 0 Å². The van der Waals surface area contributed by atoms with Gasteiger partial charge in [-0.2, -0.15) is 0 Å². The number of aromatic nitrogens is 2. The van der Waals surface area contributed by atoms with Crippen molar-refractivity contribution in [1.82, 2.24) is 9.97 Å². The lowest BCUT2D eigenvalue weighted by molar-refractivity contribution is -0.123. The molecule has 3 N–H and O–H groups in total. The van der Waals surface area contributed by atoms with Gasteiger partial charge in [-0.25, -0.2) is 4.98 Å².